The van der Waals surface area contributed by atoms with Gasteiger partial charge in [-0.05, 0) is 37.6 Å². The van der Waals surface area contributed by atoms with Gasteiger partial charge < -0.3 is 4.74 Å². The fourth-order valence-electron chi connectivity index (χ4n) is 3.45. The summed E-state index contributed by atoms with van der Waals surface area (Å²) in [4.78, 5) is 12.0. The van der Waals surface area contributed by atoms with Crippen LogP contribution in [0.15, 0.2) is 47.4 Å². The van der Waals surface area contributed by atoms with E-state index in [0.29, 0.717) is 10.6 Å². The number of hydrogen-bond acceptors (Lipinski definition) is 4. The molecule has 0 aliphatic carbocycles. The molecule has 1 aliphatic heterocycles. The van der Waals surface area contributed by atoms with Gasteiger partial charge in [0.2, 0.25) is 15.7 Å². The molecule has 5 nitrogen and oxygen atoms in total. The normalized spacial score (nSPS) is 17.1. The molecule has 1 aliphatic rings. The third-order valence-electron chi connectivity index (χ3n) is 5.04. The lowest BCUT2D eigenvalue weighted by molar-refractivity contribution is -0.160. The van der Waals surface area contributed by atoms with Gasteiger partial charge in [-0.2, -0.15) is 4.31 Å². The molecule has 29 heavy (non-hydrogen) atoms. The second kappa shape index (κ2) is 8.42. The molecule has 1 heterocycles. The van der Waals surface area contributed by atoms with E-state index in [1.165, 1.54) is 16.4 Å². The van der Waals surface area contributed by atoms with E-state index in [9.17, 15) is 17.6 Å². The van der Waals surface area contributed by atoms with Gasteiger partial charge in [0.15, 0.2) is 0 Å². The molecule has 8 heteroatoms. The van der Waals surface area contributed by atoms with E-state index < -0.39 is 21.7 Å². The molecule has 2 aromatic carbocycles. The minimum atomic E-state index is -3.90. The quantitative estimate of drug-likeness (QED) is 0.649. The number of hydrogen-bond donors (Lipinski definition) is 0. The molecule has 0 atom stereocenters. The van der Waals surface area contributed by atoms with Crippen LogP contribution >= 0.6 is 11.6 Å². The number of alkyl halides is 1. The zero-order valence-electron chi connectivity index (χ0n) is 16.3. The summed E-state index contributed by atoms with van der Waals surface area (Å²) in [6, 6.07) is 12.1. The largest absolute Gasteiger partial charge is 0.464 e. The van der Waals surface area contributed by atoms with Gasteiger partial charge >= 0.3 is 5.97 Å². The number of carbonyl (C=O) groups excluding carboxylic acids is 1. The van der Waals surface area contributed by atoms with Crippen molar-refractivity contribution in [1.29, 1.82) is 0 Å². The zero-order chi connectivity index (χ0) is 21.2. The number of piperidine rings is 1. The minimum absolute atomic E-state index is 0.0805. The monoisotopic (exact) mass is 439 g/mol. The van der Waals surface area contributed by atoms with Gasteiger partial charge in [-0.3, -0.25) is 0 Å². The molecule has 0 spiro atoms. The maximum absolute atomic E-state index is 14.8. The summed E-state index contributed by atoms with van der Waals surface area (Å²) in [6.45, 7) is 3.40. The van der Waals surface area contributed by atoms with Crippen LogP contribution in [0.3, 0.4) is 0 Å². The first kappa shape index (κ1) is 21.7. The summed E-state index contributed by atoms with van der Waals surface area (Å²) < 4.78 is 47.5. The van der Waals surface area contributed by atoms with Gasteiger partial charge in [-0.15, -0.1) is 0 Å². The van der Waals surface area contributed by atoms with Crippen molar-refractivity contribution in [3.63, 3.8) is 0 Å². The highest BCUT2D eigenvalue weighted by atomic mass is 35.5. The van der Waals surface area contributed by atoms with Crippen LogP contribution in [0.4, 0.5) is 4.39 Å². The molecule has 3 rings (SSSR count). The Morgan fingerprint density at radius 3 is 2.52 bits per heavy atom. The predicted octanol–water partition coefficient (Wildman–Crippen LogP) is 4.37. The Morgan fingerprint density at radius 2 is 1.90 bits per heavy atom. The first-order valence-corrected chi connectivity index (χ1v) is 11.2. The number of rotatable bonds is 5. The maximum Gasteiger partial charge on any atom is 0.343 e. The van der Waals surface area contributed by atoms with Crippen molar-refractivity contribution in [3.8, 4) is 11.1 Å². The predicted molar refractivity (Wildman–Crippen MR) is 110 cm³/mol. The topological polar surface area (TPSA) is 63.7 Å². The molecule has 1 fully saturated rings. The number of aryl methyl sites for hydroxylation is 1. The number of ether oxygens (including phenoxy) is 1. The Morgan fingerprint density at radius 1 is 1.21 bits per heavy atom. The van der Waals surface area contributed by atoms with Crippen LogP contribution in [0.2, 0.25) is 5.02 Å². The van der Waals surface area contributed by atoms with Crippen LogP contribution < -0.4 is 0 Å². The lowest BCUT2D eigenvalue weighted by atomic mass is 9.95. The third-order valence-corrected chi connectivity index (χ3v) is 7.24. The van der Waals surface area contributed by atoms with E-state index in [4.69, 9.17) is 16.3 Å². The van der Waals surface area contributed by atoms with E-state index in [1.807, 2.05) is 31.2 Å². The second-order valence-electron chi connectivity index (χ2n) is 7.10. The zero-order valence-corrected chi connectivity index (χ0v) is 17.9. The van der Waals surface area contributed by atoms with Crippen molar-refractivity contribution in [1.82, 2.24) is 4.31 Å². The van der Waals surface area contributed by atoms with Crippen molar-refractivity contribution in [3.05, 3.63) is 53.1 Å². The highest BCUT2D eigenvalue weighted by Gasteiger charge is 2.45. The SMILES string of the molecule is CCOC(=O)C1(F)CCN(S(=O)(=O)c2ccc(Cl)cc2-c2cccc(C)c2)CC1. The highest BCUT2D eigenvalue weighted by molar-refractivity contribution is 7.89. The molecule has 0 saturated carbocycles. The molecule has 0 unspecified atom stereocenters. The molecule has 0 aromatic heterocycles. The van der Waals surface area contributed by atoms with Crippen molar-refractivity contribution in [2.75, 3.05) is 19.7 Å². The third kappa shape index (κ3) is 4.47. The van der Waals surface area contributed by atoms with Gasteiger partial charge in [-0.1, -0.05) is 41.4 Å². The molecule has 2 aromatic rings. The lowest BCUT2D eigenvalue weighted by Gasteiger charge is -2.34. The van der Waals surface area contributed by atoms with E-state index >= 15 is 0 Å². The Kier molecular flexibility index (Phi) is 6.31. The van der Waals surface area contributed by atoms with Gasteiger partial charge in [0.25, 0.3) is 0 Å². The second-order valence-corrected chi connectivity index (χ2v) is 9.44. The van der Waals surface area contributed by atoms with Crippen LogP contribution in [0.25, 0.3) is 11.1 Å². The van der Waals surface area contributed by atoms with Gasteiger partial charge in [0.05, 0.1) is 11.5 Å². The van der Waals surface area contributed by atoms with Crippen LogP contribution in [-0.4, -0.2) is 44.1 Å². The van der Waals surface area contributed by atoms with Crippen LogP contribution in [0.5, 0.6) is 0 Å². The summed E-state index contributed by atoms with van der Waals surface area (Å²) in [7, 11) is -3.90. The van der Waals surface area contributed by atoms with Crippen molar-refractivity contribution < 1.29 is 22.3 Å². The molecular formula is C21H23ClFNO4S. The van der Waals surface area contributed by atoms with Gasteiger partial charge in [0.1, 0.15) is 0 Å². The number of carbonyl (C=O) groups is 1. The van der Waals surface area contributed by atoms with Gasteiger partial charge in [0, 0.05) is 36.5 Å². The average molecular weight is 440 g/mol. The average Bonchev–Trinajstić information content (AvgIpc) is 2.68. The summed E-state index contributed by atoms with van der Waals surface area (Å²) in [5.41, 5.74) is 0.0556. The van der Waals surface area contributed by atoms with Crippen LogP contribution in [-0.2, 0) is 19.6 Å². The van der Waals surface area contributed by atoms with E-state index in [-0.39, 0.29) is 37.4 Å². The highest BCUT2D eigenvalue weighted by Crippen LogP contribution is 2.35. The van der Waals surface area contributed by atoms with Gasteiger partial charge in [-0.25, -0.2) is 17.6 Å². The number of halogens is 2. The fourth-order valence-corrected chi connectivity index (χ4v) is 5.26. The molecule has 0 amide bonds. The summed E-state index contributed by atoms with van der Waals surface area (Å²) in [5, 5.41) is 0.421. The summed E-state index contributed by atoms with van der Waals surface area (Å²) in [5.74, 6) is -0.927. The first-order chi connectivity index (χ1) is 13.7. The summed E-state index contributed by atoms with van der Waals surface area (Å²) in [6.07, 6.45) is -0.475. The number of nitrogens with zero attached hydrogens (tertiary/aromatic N) is 1. The van der Waals surface area contributed by atoms with E-state index in [2.05, 4.69) is 0 Å². The lowest BCUT2D eigenvalue weighted by Crippen LogP contribution is -2.49. The maximum atomic E-state index is 14.8. The number of sulfonamides is 1. The van der Waals surface area contributed by atoms with Crippen molar-refractivity contribution >= 4 is 27.6 Å². The Balaban J connectivity index is 1.92. The molecule has 0 radical (unpaired) electrons. The van der Waals surface area contributed by atoms with E-state index in [0.717, 1.165) is 11.1 Å². The smallest absolute Gasteiger partial charge is 0.343 e. The van der Waals surface area contributed by atoms with Crippen molar-refractivity contribution in [2.45, 2.75) is 37.3 Å². The number of esters is 1. The Bertz CT molecular complexity index is 1020. The minimum Gasteiger partial charge on any atom is -0.464 e. The number of benzene rings is 2. The summed E-state index contributed by atoms with van der Waals surface area (Å²) >= 11 is 6.13. The Labute approximate surface area is 175 Å². The standard InChI is InChI=1S/C21H23ClFNO4S/c1-3-28-20(25)21(23)9-11-24(12-10-21)29(26,27)19-8-7-17(22)14-18(19)16-6-4-5-15(2)13-16/h4-8,13-14H,3,9-12H2,1-2H3. The molecule has 1 saturated heterocycles. The van der Waals surface area contributed by atoms with E-state index in [1.54, 1.807) is 13.0 Å². The molecule has 156 valence electrons. The molecular weight excluding hydrogens is 417 g/mol. The van der Waals surface area contributed by atoms with Crippen molar-refractivity contribution in [2.24, 2.45) is 0 Å². The molecule has 0 bridgehead atoms. The Hall–Kier alpha value is -1.96. The van der Waals surface area contributed by atoms with Crippen LogP contribution in [0, 0.1) is 6.92 Å². The first-order valence-electron chi connectivity index (χ1n) is 9.40. The molecule has 0 N–H and O–H groups in total. The van der Waals surface area contributed by atoms with Crippen LogP contribution in [0.1, 0.15) is 25.3 Å². The fraction of sp³-hybridized carbons (Fsp3) is 0.381.